The van der Waals surface area contributed by atoms with E-state index in [-0.39, 0.29) is 0 Å². The van der Waals surface area contributed by atoms with E-state index < -0.39 is 5.91 Å². The van der Waals surface area contributed by atoms with Crippen LogP contribution in [0.5, 0.6) is 0 Å². The van der Waals surface area contributed by atoms with Crippen LogP contribution in [0.25, 0.3) is 10.9 Å². The summed E-state index contributed by atoms with van der Waals surface area (Å²) in [5.74, 6) is 0.111. The fourth-order valence-electron chi connectivity index (χ4n) is 2.11. The molecule has 2 aromatic carbocycles. The molecule has 21 heavy (non-hydrogen) atoms. The van der Waals surface area contributed by atoms with Crippen molar-refractivity contribution in [3.63, 3.8) is 0 Å². The van der Waals surface area contributed by atoms with Gasteiger partial charge in [0.25, 0.3) is 0 Å². The summed E-state index contributed by atoms with van der Waals surface area (Å²) in [7, 11) is 1.85. The first-order chi connectivity index (χ1) is 10.1. The van der Waals surface area contributed by atoms with Gasteiger partial charge in [-0.05, 0) is 24.3 Å². The number of amides is 1. The lowest BCUT2D eigenvalue weighted by Gasteiger charge is -2.17. The number of nitrogens with two attached hydrogens (primary N) is 1. The lowest BCUT2D eigenvalue weighted by atomic mass is 10.2. The van der Waals surface area contributed by atoms with E-state index in [2.05, 4.69) is 9.97 Å². The number of hydrogen-bond donors (Lipinski definition) is 1. The van der Waals surface area contributed by atoms with Gasteiger partial charge in [0.15, 0.2) is 0 Å². The quantitative estimate of drug-likeness (QED) is 0.799. The number of aromatic nitrogens is 2. The fourth-order valence-corrected chi connectivity index (χ4v) is 2.11. The van der Waals surface area contributed by atoms with E-state index in [1.165, 1.54) is 0 Å². The zero-order valence-corrected chi connectivity index (χ0v) is 11.5. The maximum Gasteiger partial charge on any atom is 0.248 e. The second kappa shape index (κ2) is 5.20. The van der Waals surface area contributed by atoms with E-state index in [9.17, 15) is 4.79 Å². The summed E-state index contributed by atoms with van der Waals surface area (Å²) in [6, 6.07) is 14.9. The Morgan fingerprint density at radius 3 is 2.76 bits per heavy atom. The van der Waals surface area contributed by atoms with Crippen molar-refractivity contribution >= 4 is 28.4 Å². The van der Waals surface area contributed by atoms with Crippen LogP contribution < -0.4 is 10.6 Å². The van der Waals surface area contributed by atoms with Crippen molar-refractivity contribution in [2.24, 2.45) is 5.73 Å². The number of nitrogens with zero attached hydrogens (tertiary/aromatic N) is 3. The van der Waals surface area contributed by atoms with E-state index >= 15 is 0 Å². The smallest absolute Gasteiger partial charge is 0.248 e. The van der Waals surface area contributed by atoms with Gasteiger partial charge in [0.2, 0.25) is 11.9 Å². The molecule has 0 saturated carbocycles. The van der Waals surface area contributed by atoms with Crippen LogP contribution in [0.3, 0.4) is 0 Å². The Labute approximate surface area is 122 Å². The van der Waals surface area contributed by atoms with Gasteiger partial charge in [-0.25, -0.2) is 9.97 Å². The second-order valence-electron chi connectivity index (χ2n) is 4.70. The molecule has 0 aliphatic rings. The zero-order valence-electron chi connectivity index (χ0n) is 11.5. The average Bonchev–Trinajstić information content (AvgIpc) is 2.53. The van der Waals surface area contributed by atoms with Crippen molar-refractivity contribution in [1.82, 2.24) is 9.97 Å². The van der Waals surface area contributed by atoms with Gasteiger partial charge in [0.05, 0.1) is 5.52 Å². The molecule has 0 fully saturated rings. The minimum atomic E-state index is -0.454. The van der Waals surface area contributed by atoms with Crippen molar-refractivity contribution in [3.05, 3.63) is 60.3 Å². The molecule has 0 aliphatic carbocycles. The van der Waals surface area contributed by atoms with Crippen molar-refractivity contribution in [2.45, 2.75) is 0 Å². The molecule has 2 N–H and O–H groups in total. The predicted octanol–water partition coefficient (Wildman–Crippen LogP) is 2.50. The number of benzene rings is 2. The van der Waals surface area contributed by atoms with Crippen LogP contribution in [-0.4, -0.2) is 22.9 Å². The minimum Gasteiger partial charge on any atom is -0.366 e. The number of rotatable bonds is 3. The van der Waals surface area contributed by atoms with Crippen molar-refractivity contribution in [1.29, 1.82) is 0 Å². The lowest BCUT2D eigenvalue weighted by molar-refractivity contribution is 0.100. The molecule has 1 amide bonds. The zero-order chi connectivity index (χ0) is 14.8. The molecule has 3 aromatic rings. The number of carbonyl (C=O) groups is 1. The minimum absolute atomic E-state index is 0.454. The molecular weight excluding hydrogens is 264 g/mol. The molecule has 1 heterocycles. The highest BCUT2D eigenvalue weighted by molar-refractivity contribution is 5.94. The monoisotopic (exact) mass is 278 g/mol. The number of para-hydroxylation sites is 1. The Bertz CT molecular complexity index is 816. The van der Waals surface area contributed by atoms with Gasteiger partial charge in [0, 0.05) is 29.9 Å². The number of fused-ring (bicyclic) bond motifs is 1. The normalized spacial score (nSPS) is 10.5. The first-order valence-corrected chi connectivity index (χ1v) is 6.50. The van der Waals surface area contributed by atoms with Crippen molar-refractivity contribution in [3.8, 4) is 0 Å². The van der Waals surface area contributed by atoms with Crippen molar-refractivity contribution in [2.75, 3.05) is 11.9 Å². The Kier molecular flexibility index (Phi) is 3.23. The molecule has 104 valence electrons. The second-order valence-corrected chi connectivity index (χ2v) is 4.70. The fraction of sp³-hybridized carbons (Fsp3) is 0.0625. The molecule has 0 aliphatic heterocycles. The third-order valence-corrected chi connectivity index (χ3v) is 3.29. The molecule has 5 nitrogen and oxygen atoms in total. The van der Waals surface area contributed by atoms with Crippen LogP contribution in [0.4, 0.5) is 11.6 Å². The highest BCUT2D eigenvalue weighted by atomic mass is 16.1. The standard InChI is InChI=1S/C16H14N4O/c1-20(13-7-4-6-11(9-13)15(17)21)16-18-10-12-5-2-3-8-14(12)19-16/h2-10H,1H3,(H2,17,21). The summed E-state index contributed by atoms with van der Waals surface area (Å²) >= 11 is 0. The third-order valence-electron chi connectivity index (χ3n) is 3.29. The maximum atomic E-state index is 11.3. The summed E-state index contributed by atoms with van der Waals surface area (Å²) in [5, 5.41) is 0.987. The number of anilines is 2. The Balaban J connectivity index is 2.01. The molecule has 0 saturated heterocycles. The van der Waals surface area contributed by atoms with Gasteiger partial charge in [-0.15, -0.1) is 0 Å². The van der Waals surface area contributed by atoms with Crippen molar-refractivity contribution < 1.29 is 4.79 Å². The SMILES string of the molecule is CN(c1cccc(C(N)=O)c1)c1ncc2ccccc2n1. The van der Waals surface area contributed by atoms with Gasteiger partial charge in [-0.2, -0.15) is 0 Å². The Morgan fingerprint density at radius 1 is 1.14 bits per heavy atom. The summed E-state index contributed by atoms with van der Waals surface area (Å²) in [4.78, 5) is 22.0. The topological polar surface area (TPSA) is 72.1 Å². The summed E-state index contributed by atoms with van der Waals surface area (Å²) in [5.41, 5.74) is 7.45. The predicted molar refractivity (Wildman–Crippen MR) is 82.6 cm³/mol. The van der Waals surface area contributed by atoms with Crippen LogP contribution in [0.2, 0.25) is 0 Å². The van der Waals surface area contributed by atoms with E-state index in [1.807, 2.05) is 42.3 Å². The van der Waals surface area contributed by atoms with Gasteiger partial charge in [-0.1, -0.05) is 24.3 Å². The summed E-state index contributed by atoms with van der Waals surface area (Å²) < 4.78 is 0. The first kappa shape index (κ1) is 13.1. The first-order valence-electron chi connectivity index (χ1n) is 6.50. The largest absolute Gasteiger partial charge is 0.366 e. The van der Waals surface area contributed by atoms with E-state index in [1.54, 1.807) is 24.4 Å². The lowest BCUT2D eigenvalue weighted by Crippen LogP contribution is -2.15. The van der Waals surface area contributed by atoms with E-state index in [4.69, 9.17) is 5.73 Å². The van der Waals surface area contributed by atoms with E-state index in [0.717, 1.165) is 16.6 Å². The van der Waals surface area contributed by atoms with Crippen LogP contribution in [0.15, 0.2) is 54.7 Å². The third kappa shape index (κ3) is 2.53. The highest BCUT2D eigenvalue weighted by Gasteiger charge is 2.10. The Morgan fingerprint density at radius 2 is 1.95 bits per heavy atom. The Hall–Kier alpha value is -2.95. The highest BCUT2D eigenvalue weighted by Crippen LogP contribution is 2.22. The molecule has 0 unspecified atom stereocenters. The molecule has 0 bridgehead atoms. The van der Waals surface area contributed by atoms with Crippen LogP contribution in [-0.2, 0) is 0 Å². The molecule has 5 heteroatoms. The molecule has 1 aromatic heterocycles. The van der Waals surface area contributed by atoms with Gasteiger partial charge < -0.3 is 10.6 Å². The molecule has 3 rings (SSSR count). The maximum absolute atomic E-state index is 11.3. The molecule has 0 atom stereocenters. The molecule has 0 radical (unpaired) electrons. The van der Waals surface area contributed by atoms with Crippen LogP contribution in [0, 0.1) is 0 Å². The summed E-state index contributed by atoms with van der Waals surface area (Å²) in [6.45, 7) is 0. The van der Waals surface area contributed by atoms with Crippen LogP contribution in [0.1, 0.15) is 10.4 Å². The molecule has 0 spiro atoms. The number of carbonyl (C=O) groups excluding carboxylic acids is 1. The number of hydrogen-bond acceptors (Lipinski definition) is 4. The molecular formula is C16H14N4O. The van der Waals surface area contributed by atoms with Crippen LogP contribution >= 0.6 is 0 Å². The van der Waals surface area contributed by atoms with Gasteiger partial charge >= 0.3 is 0 Å². The van der Waals surface area contributed by atoms with Gasteiger partial charge in [-0.3, -0.25) is 4.79 Å². The summed E-state index contributed by atoms with van der Waals surface area (Å²) in [6.07, 6.45) is 1.78. The van der Waals surface area contributed by atoms with E-state index in [0.29, 0.717) is 11.5 Å². The number of primary amides is 1. The average molecular weight is 278 g/mol. The van der Waals surface area contributed by atoms with Gasteiger partial charge in [0.1, 0.15) is 0 Å².